The lowest BCUT2D eigenvalue weighted by Crippen LogP contribution is -2.57. The number of rotatable bonds is 13. The quantitative estimate of drug-likeness (QED) is 0.217. The number of carbonyl (C=O) groups is 4. The fourth-order valence-corrected chi connectivity index (χ4v) is 3.12. The second-order valence-electron chi connectivity index (χ2n) is 6.49. The molecule has 0 fully saturated rings. The van der Waals surface area contributed by atoms with Gasteiger partial charge in [-0.15, -0.1) is 0 Å². The minimum atomic E-state index is -1.19. The summed E-state index contributed by atoms with van der Waals surface area (Å²) in [4.78, 5) is 48.2. The van der Waals surface area contributed by atoms with Gasteiger partial charge in [0.1, 0.15) is 18.6 Å². The average molecular weight is 457 g/mol. The molecule has 0 saturated carbocycles. The second-order valence-corrected chi connectivity index (χ2v) is 7.84. The largest absolute Gasteiger partial charge is 0.480 e. The molecule has 1 aromatic rings. The summed E-state index contributed by atoms with van der Waals surface area (Å²) in [6, 6.07) is 6.31. The third kappa shape index (κ3) is 9.51. The van der Waals surface area contributed by atoms with Crippen LogP contribution in [0.2, 0.25) is 0 Å². The zero-order valence-electron chi connectivity index (χ0n) is 16.7. The molecule has 3 atom stereocenters. The fraction of sp³-hybridized carbons (Fsp3) is 0.474. The van der Waals surface area contributed by atoms with Crippen LogP contribution in [-0.2, 0) is 25.6 Å². The van der Waals surface area contributed by atoms with Crippen LogP contribution in [0, 0.1) is 0 Å². The van der Waals surface area contributed by atoms with Crippen LogP contribution in [0.5, 0.6) is 0 Å². The van der Waals surface area contributed by atoms with Crippen molar-refractivity contribution in [2.75, 3.05) is 24.3 Å². The summed E-state index contributed by atoms with van der Waals surface area (Å²) >= 11 is 5.48. The van der Waals surface area contributed by atoms with E-state index in [-0.39, 0.29) is 12.2 Å². The van der Waals surface area contributed by atoms with Crippen LogP contribution in [0.25, 0.3) is 0 Å². The van der Waals surface area contributed by atoms with Gasteiger partial charge in [-0.05, 0) is 24.0 Å². The van der Waals surface area contributed by atoms with Crippen LogP contribution in [0.3, 0.4) is 0 Å². The van der Waals surface area contributed by atoms with Crippen molar-refractivity contribution in [1.82, 2.24) is 16.0 Å². The molecule has 0 aliphatic heterocycles. The van der Waals surface area contributed by atoms with Crippen molar-refractivity contribution in [2.45, 2.75) is 31.0 Å². The van der Waals surface area contributed by atoms with Gasteiger partial charge in [0.05, 0.1) is 6.04 Å². The highest BCUT2D eigenvalue weighted by molar-refractivity contribution is 7.98. The van der Waals surface area contributed by atoms with Crippen molar-refractivity contribution in [2.24, 2.45) is 5.73 Å². The summed E-state index contributed by atoms with van der Waals surface area (Å²) in [6.45, 7) is -0.550. The number of thioether (sulfide) groups is 1. The second kappa shape index (κ2) is 13.9. The average Bonchev–Trinajstić information content (AvgIpc) is 2.74. The van der Waals surface area contributed by atoms with E-state index in [2.05, 4.69) is 28.6 Å². The minimum Gasteiger partial charge on any atom is -0.480 e. The molecule has 9 nitrogen and oxygen atoms in total. The van der Waals surface area contributed by atoms with E-state index in [4.69, 9.17) is 10.8 Å². The van der Waals surface area contributed by atoms with E-state index in [1.165, 1.54) is 11.8 Å². The van der Waals surface area contributed by atoms with Gasteiger partial charge in [0, 0.05) is 12.2 Å². The Morgan fingerprint density at radius 1 is 1.07 bits per heavy atom. The summed E-state index contributed by atoms with van der Waals surface area (Å²) < 4.78 is 0. The minimum absolute atomic E-state index is 0.111. The summed E-state index contributed by atoms with van der Waals surface area (Å²) in [5, 5.41) is 16.3. The molecule has 0 aromatic heterocycles. The van der Waals surface area contributed by atoms with E-state index in [0.29, 0.717) is 12.2 Å². The van der Waals surface area contributed by atoms with Gasteiger partial charge in [0.2, 0.25) is 17.7 Å². The fourth-order valence-electron chi connectivity index (χ4n) is 2.48. The zero-order valence-corrected chi connectivity index (χ0v) is 18.4. The summed E-state index contributed by atoms with van der Waals surface area (Å²) in [6.07, 6.45) is 2.36. The first-order chi connectivity index (χ1) is 14.3. The molecule has 30 heavy (non-hydrogen) atoms. The van der Waals surface area contributed by atoms with Crippen LogP contribution in [0.1, 0.15) is 12.0 Å². The molecule has 6 N–H and O–H groups in total. The van der Waals surface area contributed by atoms with Crippen molar-refractivity contribution in [3.63, 3.8) is 0 Å². The van der Waals surface area contributed by atoms with E-state index in [1.807, 2.05) is 36.6 Å². The maximum absolute atomic E-state index is 12.9. The number of carboxylic acids is 1. The Hall–Kier alpha value is -2.24. The monoisotopic (exact) mass is 456 g/mol. The third-order valence-electron chi connectivity index (χ3n) is 4.11. The molecule has 1 rings (SSSR count). The van der Waals surface area contributed by atoms with E-state index >= 15 is 0 Å². The van der Waals surface area contributed by atoms with Gasteiger partial charge in [-0.1, -0.05) is 30.3 Å². The smallest absolute Gasteiger partial charge is 0.322 e. The van der Waals surface area contributed by atoms with Gasteiger partial charge in [-0.2, -0.15) is 24.4 Å². The molecule has 0 aliphatic rings. The number of carbonyl (C=O) groups excluding carboxylic acids is 3. The van der Waals surface area contributed by atoms with E-state index in [1.54, 1.807) is 0 Å². The van der Waals surface area contributed by atoms with E-state index < -0.39 is 48.4 Å². The third-order valence-corrected chi connectivity index (χ3v) is 5.14. The summed E-state index contributed by atoms with van der Waals surface area (Å²) in [7, 11) is 0. The van der Waals surface area contributed by atoms with Crippen molar-refractivity contribution in [1.29, 1.82) is 0 Å². The zero-order chi connectivity index (χ0) is 22.5. The highest BCUT2D eigenvalue weighted by Gasteiger charge is 2.28. The normalized spacial score (nSPS) is 13.6. The van der Waals surface area contributed by atoms with Crippen molar-refractivity contribution >= 4 is 48.1 Å². The molecule has 0 spiro atoms. The highest BCUT2D eigenvalue weighted by atomic mass is 32.2. The Balaban J connectivity index is 2.95. The molecule has 0 radical (unpaired) electrons. The van der Waals surface area contributed by atoms with Crippen LogP contribution in [0.15, 0.2) is 30.3 Å². The van der Waals surface area contributed by atoms with Crippen molar-refractivity contribution in [3.05, 3.63) is 35.9 Å². The lowest BCUT2D eigenvalue weighted by Gasteiger charge is -2.24. The standard InChI is InChI=1S/C19H28N4O5S2/c1-30-8-7-14(18(27)21-10-16(24)25)22-19(28)15(23-17(26)13(20)11-29)9-12-5-3-2-4-6-12/h2-6,13-15,29H,7-11,20H2,1H3,(H,21,27)(H,22,28)(H,23,26)(H,24,25). The molecular weight excluding hydrogens is 428 g/mol. The number of aliphatic carboxylic acids is 1. The number of nitrogens with two attached hydrogens (primary N) is 1. The molecule has 166 valence electrons. The van der Waals surface area contributed by atoms with Crippen molar-refractivity contribution < 1.29 is 24.3 Å². The number of nitrogens with one attached hydrogen (secondary N) is 3. The van der Waals surface area contributed by atoms with E-state index in [9.17, 15) is 19.2 Å². The van der Waals surface area contributed by atoms with Gasteiger partial charge in [-0.25, -0.2) is 0 Å². The molecule has 0 saturated heterocycles. The number of hydrogen-bond acceptors (Lipinski definition) is 7. The first kappa shape index (κ1) is 25.8. The lowest BCUT2D eigenvalue weighted by molar-refractivity contribution is -0.138. The first-order valence-corrected chi connectivity index (χ1v) is 11.3. The Labute approximate surface area is 185 Å². The molecule has 1 aromatic carbocycles. The summed E-state index contributed by atoms with van der Waals surface area (Å²) in [5.74, 6) is -2.19. The molecule has 0 bridgehead atoms. The maximum Gasteiger partial charge on any atom is 0.322 e. The van der Waals surface area contributed by atoms with Crippen LogP contribution < -0.4 is 21.7 Å². The molecule has 0 aliphatic carbocycles. The van der Waals surface area contributed by atoms with E-state index in [0.717, 1.165) is 5.56 Å². The predicted molar refractivity (Wildman–Crippen MR) is 119 cm³/mol. The van der Waals surface area contributed by atoms with Gasteiger partial charge >= 0.3 is 5.97 Å². The number of benzene rings is 1. The lowest BCUT2D eigenvalue weighted by atomic mass is 10.0. The predicted octanol–water partition coefficient (Wildman–Crippen LogP) is -0.590. The van der Waals surface area contributed by atoms with Crippen molar-refractivity contribution in [3.8, 4) is 0 Å². The Morgan fingerprint density at radius 3 is 2.27 bits per heavy atom. The molecule has 11 heteroatoms. The number of carboxylic acid groups (broad SMARTS) is 1. The van der Waals surface area contributed by atoms with Crippen LogP contribution in [0.4, 0.5) is 0 Å². The number of hydrogen-bond donors (Lipinski definition) is 6. The van der Waals surface area contributed by atoms with Crippen LogP contribution >= 0.6 is 24.4 Å². The van der Waals surface area contributed by atoms with Gasteiger partial charge in [0.15, 0.2) is 0 Å². The molecular formula is C19H28N4O5S2. The van der Waals surface area contributed by atoms with Crippen LogP contribution in [-0.4, -0.2) is 71.2 Å². The highest BCUT2D eigenvalue weighted by Crippen LogP contribution is 2.06. The first-order valence-electron chi connectivity index (χ1n) is 9.28. The Kier molecular flexibility index (Phi) is 11.9. The van der Waals surface area contributed by atoms with Gasteiger partial charge < -0.3 is 26.8 Å². The number of amides is 3. The Bertz CT molecular complexity index is 720. The molecule has 3 unspecified atom stereocenters. The topological polar surface area (TPSA) is 151 Å². The molecule has 3 amide bonds. The molecule has 0 heterocycles. The maximum atomic E-state index is 12.9. The number of thiol groups is 1. The Morgan fingerprint density at radius 2 is 1.70 bits per heavy atom. The van der Waals surface area contributed by atoms with Gasteiger partial charge in [0.25, 0.3) is 0 Å². The SMILES string of the molecule is CSCCC(NC(=O)C(Cc1ccccc1)NC(=O)C(N)CS)C(=O)NCC(=O)O. The van der Waals surface area contributed by atoms with Gasteiger partial charge in [-0.3, -0.25) is 19.2 Å². The summed E-state index contributed by atoms with van der Waals surface area (Å²) in [5.41, 5.74) is 6.51.